The van der Waals surface area contributed by atoms with Crippen LogP contribution in [0.3, 0.4) is 0 Å². The van der Waals surface area contributed by atoms with E-state index >= 15 is 0 Å². The van der Waals surface area contributed by atoms with Crippen LogP contribution in [0.5, 0.6) is 0 Å². The van der Waals surface area contributed by atoms with Gasteiger partial charge in [-0.25, -0.2) is 0 Å². The molecule has 0 fully saturated rings. The Morgan fingerprint density at radius 3 is 0.122 bits per heavy atom. The molecule has 0 aromatic rings. The zero-order chi connectivity index (χ0) is 42.9. The second-order valence-electron chi connectivity index (χ2n) is 3.46. The van der Waals surface area contributed by atoms with Crippen LogP contribution in [-0.2, 0) is 0 Å². The van der Waals surface area contributed by atoms with Crippen LogP contribution in [0.15, 0.2) is 0 Å². The predicted octanol–water partition coefficient (Wildman–Crippen LogP) is -46.7. The largest absolute Gasteiger partial charge is 0.907 e. The molecule has 0 saturated heterocycles. The Balaban J connectivity index is -0.00000000989. The first kappa shape index (κ1) is 87.1. The topological polar surface area (TPSA) is 830 Å². The minimum absolute atomic E-state index is 0. The van der Waals surface area contributed by atoms with Crippen LogP contribution in [0.1, 0.15) is 17.1 Å². The van der Waals surface area contributed by atoms with E-state index < -0.39 is 87.9 Å². The normalized spacial score (nSPS) is 6.61. The molecule has 0 bridgehead atoms. The van der Waals surface area contributed by atoms with Gasteiger partial charge in [0.05, 0.1) is 0 Å². The average Bonchev–Trinajstić information content (AvgIpc) is 2.61. The van der Waals surface area contributed by atoms with Gasteiger partial charge in [0.15, 0.2) is 0 Å². The Labute approximate surface area is 305 Å². The molecule has 0 radical (unpaired) electrons. The van der Waals surface area contributed by atoms with Gasteiger partial charge in [-0.2, -0.15) is 0 Å². The van der Waals surface area contributed by atoms with E-state index in [-0.39, 0.29) is 36.0 Å². The van der Waals surface area contributed by atoms with Crippen molar-refractivity contribution >= 4 is 107 Å². The summed E-state index contributed by atoms with van der Waals surface area (Å²) in [5.74, 6) is 0. The van der Waals surface area contributed by atoms with Crippen molar-refractivity contribution in [2.45, 2.75) is 0 Å². The summed E-state index contributed by atoms with van der Waals surface area (Å²) < 4.78 is 0. The molecule has 0 rings (SSSR count). The van der Waals surface area contributed by atoms with Crippen LogP contribution in [0.2, 0.25) is 0 Å². The summed E-state index contributed by atoms with van der Waals surface area (Å²) in [7, 11) is -35.0. The van der Waals surface area contributed by atoms with Crippen molar-refractivity contribution in [3.63, 3.8) is 0 Å². The molecule has 0 spiro atoms. The number of hydrogen-bond acceptors (Lipinski definition) is 36. The van der Waals surface area contributed by atoms with Gasteiger partial charge in [0.2, 0.25) is 0 Å². The maximum atomic E-state index is 8.42. The van der Waals surface area contributed by atoms with E-state index in [2.05, 4.69) is 0 Å². The summed E-state index contributed by atoms with van der Waals surface area (Å²) in [5, 5.41) is 303. The van der Waals surface area contributed by atoms with Crippen molar-refractivity contribution in [1.29, 1.82) is 0 Å². The van der Waals surface area contributed by atoms with E-state index in [0.717, 1.165) is 0 Å². The van der Waals surface area contributed by atoms with Gasteiger partial charge in [0.1, 0.15) is 0 Å². The first-order valence-corrected chi connectivity index (χ1v) is 8.49. The molecule has 0 N–H and O–H groups in total. The van der Waals surface area contributed by atoms with Crippen LogP contribution in [0.4, 0.5) is 0 Å². The molecule has 0 aromatic carbocycles. The van der Waals surface area contributed by atoms with Crippen LogP contribution >= 0.6 is 0 Å². The van der Waals surface area contributed by atoms with Crippen LogP contribution < -0.4 is 181 Å². The van der Waals surface area contributed by atoms with Crippen molar-refractivity contribution in [2.75, 3.05) is 0 Å². The van der Waals surface area contributed by atoms with Gasteiger partial charge in [-0.15, -0.1) is 0 Å². The number of hydrogen-bond donors (Lipinski definition) is 0. The molecule has 49 heteroatoms. The monoisotopic (exact) mass is 728 g/mol. The molecule has 0 amide bonds. The van der Waals surface area contributed by atoms with Crippen LogP contribution in [0.25, 0.3) is 0 Å². The zero-order valence-electron chi connectivity index (χ0n) is 33.6. The summed E-state index contributed by atoms with van der Waals surface area (Å²) in [5.41, 5.74) is 0. The third-order valence-corrected chi connectivity index (χ3v) is 0. The first-order chi connectivity index (χ1) is 20.8. The molecule has 0 aliphatic carbocycles. The second-order valence-corrected chi connectivity index (χ2v) is 3.46. The van der Waals surface area contributed by atoms with E-state index in [1.807, 2.05) is 0 Å². The number of rotatable bonds is 0. The fourth-order valence-corrected chi connectivity index (χ4v) is 0. The van der Waals surface area contributed by atoms with Gasteiger partial charge in [-0.3, -0.25) is 87.9 Å². The van der Waals surface area contributed by atoms with Crippen LogP contribution in [-0.4, -0.2) is 107 Å². The first-order valence-electron chi connectivity index (χ1n) is 8.49. The van der Waals surface area contributed by atoms with Crippen molar-refractivity contribution in [3.8, 4) is 0 Å². The van der Waals surface area contributed by atoms with E-state index in [4.69, 9.17) is 181 Å². The molecular formula is H13B12LiO36-24. The molecule has 0 saturated carbocycles. The third-order valence-electron chi connectivity index (χ3n) is 0. The van der Waals surface area contributed by atoms with Gasteiger partial charge in [0, 0.05) is 0 Å². The van der Waals surface area contributed by atoms with Crippen molar-refractivity contribution < 1.29 is 198 Å². The molecule has 0 heterocycles. The minimum Gasteiger partial charge on any atom is -0.907 e. The maximum absolute atomic E-state index is 8.42. The van der Waals surface area contributed by atoms with E-state index in [0.29, 0.717) is 0 Å². The molecular weight excluding hydrogens is 713 g/mol. The molecule has 0 atom stereocenters. The smallest absolute Gasteiger partial charge is 0.278 e. The zero-order valence-corrected chi connectivity index (χ0v) is 21.6. The molecule has 290 valence electrons. The molecule has 0 unspecified atom stereocenters. The summed E-state index contributed by atoms with van der Waals surface area (Å²) in [6, 6.07) is 0. The van der Waals surface area contributed by atoms with E-state index in [1.54, 1.807) is 0 Å². The summed E-state index contributed by atoms with van der Waals surface area (Å²) in [6.45, 7) is 0. The molecule has 0 aliphatic heterocycles. The van der Waals surface area contributed by atoms with E-state index in [9.17, 15) is 0 Å². The fourth-order valence-electron chi connectivity index (χ4n) is 0. The van der Waals surface area contributed by atoms with Gasteiger partial charge in [0.25, 0.3) is 0 Å². The SMILES string of the molecule is [H+].[H+].[H+].[H+].[H+].[H+].[H+].[H+].[H+].[H+].[H+].[H+].[LiH].[O-]B([O-])[O-].[O-]B([O-])[O-].[O-]B([O-])[O-].[O-]B([O-])[O-].[O-]B([O-])[O-].[O-]B([O-])[O-].[O-]B([O-])[O-].[O-]B([O-])[O-].[O-]B([O-])[O-].[O-]B([O-])[O-].[O-]B([O-])[O-].[O-]B([O-])[O-]. The van der Waals surface area contributed by atoms with Crippen LogP contribution in [0, 0.1) is 0 Å². The van der Waals surface area contributed by atoms with Crippen molar-refractivity contribution in [1.82, 2.24) is 0 Å². The molecule has 36 nitrogen and oxygen atoms in total. The standard InChI is InChI=1S/12BO3.Li.H/c12*2-1(3)4;;/q12*-3;;/p+12. The van der Waals surface area contributed by atoms with Gasteiger partial charge in [-0.05, 0) is 0 Å². The van der Waals surface area contributed by atoms with Crippen molar-refractivity contribution in [2.24, 2.45) is 0 Å². The Bertz CT molecular complexity index is 276. The van der Waals surface area contributed by atoms with Gasteiger partial charge in [-0.1, -0.05) is 0 Å². The van der Waals surface area contributed by atoms with Gasteiger partial charge >= 0.3 is 36.0 Å². The minimum atomic E-state index is -2.92. The van der Waals surface area contributed by atoms with Crippen molar-refractivity contribution in [3.05, 3.63) is 0 Å². The Morgan fingerprint density at radius 1 is 0.122 bits per heavy atom. The molecule has 49 heavy (non-hydrogen) atoms. The molecule has 0 aliphatic rings. The van der Waals surface area contributed by atoms with E-state index in [1.165, 1.54) is 0 Å². The Hall–Kier alpha value is -0.0634. The summed E-state index contributed by atoms with van der Waals surface area (Å²) >= 11 is 0. The van der Waals surface area contributed by atoms with Gasteiger partial charge < -0.3 is 181 Å². The third kappa shape index (κ3) is 25200000. The maximum Gasteiger partial charge on any atom is -0.278 e. The Kier molecular flexibility index (Phi) is 145. The molecule has 0 aromatic heterocycles. The fraction of sp³-hybridized carbons (Fsp3) is 0. The Morgan fingerprint density at radius 2 is 0.122 bits per heavy atom. The quantitative estimate of drug-likeness (QED) is 0.209. The average molecular weight is 726 g/mol. The summed E-state index contributed by atoms with van der Waals surface area (Å²) in [6.07, 6.45) is 0. The second kappa shape index (κ2) is 81.8. The summed E-state index contributed by atoms with van der Waals surface area (Å²) in [4.78, 5) is 0. The predicted molar refractivity (Wildman–Crippen MR) is 89.5 cm³/mol.